The van der Waals surface area contributed by atoms with Crippen LogP contribution >= 0.6 is 11.6 Å². The largest absolute Gasteiger partial charge is 0.436 e. The van der Waals surface area contributed by atoms with Gasteiger partial charge in [0.05, 0.1) is 16.3 Å². The van der Waals surface area contributed by atoms with E-state index >= 15 is 0 Å². The molecule has 2 aromatic rings. The summed E-state index contributed by atoms with van der Waals surface area (Å²) in [6.07, 6.45) is -2.69. The maximum atomic E-state index is 14.1. The number of halogens is 4. The quantitative estimate of drug-likeness (QED) is 0.406. The molecule has 5 aliphatic rings. The van der Waals surface area contributed by atoms with Crippen LogP contribution in [-0.4, -0.2) is 126 Å². The molecular weight excluding hydrogens is 687 g/mol. The third-order valence-corrected chi connectivity index (χ3v) is 11.9. The van der Waals surface area contributed by atoms with Gasteiger partial charge in [0.25, 0.3) is 5.91 Å². The van der Waals surface area contributed by atoms with Crippen molar-refractivity contribution in [2.24, 2.45) is 0 Å². The number of likely N-dealkylation sites (N-methyl/N-ethyl adjacent to an activating group) is 1. The number of nitrogens with two attached hydrogens (primary N) is 1. The van der Waals surface area contributed by atoms with E-state index in [2.05, 4.69) is 22.2 Å². The first kappa shape index (κ1) is 35.6. The highest BCUT2D eigenvalue weighted by Gasteiger charge is 2.45. The molecule has 2 aromatic carbocycles. The standard InChI is InChI=1S/C36H45ClF3N7O4/c1-43-20-27-19-26(43)21-47(27)25-7-11-44(12-8-25)33(48)31(18-22-16-28(36(38,39)40)32(41)29(37)17-22)51-35(50)45-13-9-24(10-14-45)46-15-6-23-4-2-3-5-30(23)42-34(46)49/h2-5,16-17,24-27,31H,6-15,18-21,41H2,1H3,(H,42,49)/t26?,27-,31?/m1/s1. The normalized spacial score (nSPS) is 24.3. The van der Waals surface area contributed by atoms with Gasteiger partial charge < -0.3 is 35.4 Å². The van der Waals surface area contributed by atoms with Gasteiger partial charge in [0.1, 0.15) is 0 Å². The van der Waals surface area contributed by atoms with Crippen molar-refractivity contribution in [2.75, 3.05) is 63.9 Å². The maximum Gasteiger partial charge on any atom is 0.418 e. The number of ether oxygens (including phenoxy) is 1. The molecule has 0 radical (unpaired) electrons. The summed E-state index contributed by atoms with van der Waals surface area (Å²) in [7, 11) is 2.16. The number of amides is 4. The third kappa shape index (κ3) is 7.45. The zero-order chi connectivity index (χ0) is 36.0. The molecule has 5 aliphatic heterocycles. The molecule has 0 aliphatic carbocycles. The van der Waals surface area contributed by atoms with Crippen LogP contribution in [0.1, 0.15) is 48.8 Å². The minimum atomic E-state index is -4.76. The first-order valence-corrected chi connectivity index (χ1v) is 18.2. The average molecular weight is 732 g/mol. The number of benzene rings is 2. The first-order chi connectivity index (χ1) is 24.4. The van der Waals surface area contributed by atoms with Crippen LogP contribution < -0.4 is 11.1 Å². The Bertz CT molecular complexity index is 1640. The third-order valence-electron chi connectivity index (χ3n) is 11.5. The van der Waals surface area contributed by atoms with Gasteiger partial charge in [-0.15, -0.1) is 0 Å². The molecule has 276 valence electrons. The number of fused-ring (bicyclic) bond motifs is 3. The number of carbonyl (C=O) groups excluding carboxylic acids is 3. The summed E-state index contributed by atoms with van der Waals surface area (Å²) < 4.78 is 47.4. The second kappa shape index (κ2) is 14.3. The molecular formula is C36H45ClF3N7O4. The average Bonchev–Trinajstić information content (AvgIpc) is 3.64. The minimum absolute atomic E-state index is 0.0895. The molecule has 51 heavy (non-hydrogen) atoms. The summed E-state index contributed by atoms with van der Waals surface area (Å²) in [5, 5.41) is 2.71. The predicted octanol–water partition coefficient (Wildman–Crippen LogP) is 4.92. The SMILES string of the molecule is CN1C[C@H]2CC1CN2C1CCN(C(=O)C(Cc2cc(Cl)c(N)c(C(F)(F)F)c2)OC(=O)N2CCC(N3CCc4ccccc4NC3=O)CC2)CC1. The van der Waals surface area contributed by atoms with Crippen LogP contribution in [-0.2, 0) is 28.5 Å². The number of carbonyl (C=O) groups is 3. The minimum Gasteiger partial charge on any atom is -0.436 e. The van der Waals surface area contributed by atoms with Crippen molar-refractivity contribution in [1.29, 1.82) is 0 Å². The topological polar surface area (TPSA) is 115 Å². The van der Waals surface area contributed by atoms with Gasteiger partial charge in [0, 0.05) is 82.1 Å². The van der Waals surface area contributed by atoms with Gasteiger partial charge >= 0.3 is 18.3 Å². The van der Waals surface area contributed by atoms with Crippen LogP contribution in [0.2, 0.25) is 5.02 Å². The van der Waals surface area contributed by atoms with Gasteiger partial charge in [-0.25, -0.2) is 9.59 Å². The summed E-state index contributed by atoms with van der Waals surface area (Å²) in [5.74, 6) is -0.443. The number of hydrogen-bond acceptors (Lipinski definition) is 7. The zero-order valence-electron chi connectivity index (χ0n) is 28.7. The number of alkyl halides is 3. The number of nitrogen functional groups attached to an aromatic ring is 1. The smallest absolute Gasteiger partial charge is 0.418 e. The van der Waals surface area contributed by atoms with E-state index in [0.29, 0.717) is 70.1 Å². The van der Waals surface area contributed by atoms with E-state index in [0.717, 1.165) is 49.7 Å². The van der Waals surface area contributed by atoms with Crippen molar-refractivity contribution in [3.63, 3.8) is 0 Å². The molecule has 2 bridgehead atoms. The molecule has 0 aromatic heterocycles. The van der Waals surface area contributed by atoms with Crippen LogP contribution in [0.15, 0.2) is 36.4 Å². The Morgan fingerprint density at radius 2 is 1.65 bits per heavy atom. The number of para-hydroxylation sites is 1. The fourth-order valence-corrected chi connectivity index (χ4v) is 8.92. The second-order valence-corrected chi connectivity index (χ2v) is 15.0. The Morgan fingerprint density at radius 1 is 0.961 bits per heavy atom. The number of likely N-dealkylation sites (tertiary alicyclic amines) is 4. The van der Waals surface area contributed by atoms with Crippen molar-refractivity contribution < 1.29 is 32.3 Å². The van der Waals surface area contributed by atoms with Crippen molar-refractivity contribution in [3.05, 3.63) is 58.1 Å². The van der Waals surface area contributed by atoms with Gasteiger partial charge in [-0.2, -0.15) is 13.2 Å². The van der Waals surface area contributed by atoms with E-state index in [-0.39, 0.29) is 29.1 Å². The molecule has 0 saturated carbocycles. The molecule has 0 spiro atoms. The number of rotatable bonds is 6. The van der Waals surface area contributed by atoms with E-state index in [1.165, 1.54) is 11.0 Å². The van der Waals surface area contributed by atoms with Crippen molar-refractivity contribution in [1.82, 2.24) is 24.5 Å². The summed E-state index contributed by atoms with van der Waals surface area (Å²) >= 11 is 6.13. The van der Waals surface area contributed by atoms with E-state index < -0.39 is 35.5 Å². The zero-order valence-corrected chi connectivity index (χ0v) is 29.5. The van der Waals surface area contributed by atoms with E-state index in [1.54, 1.807) is 4.90 Å². The van der Waals surface area contributed by atoms with Crippen LogP contribution in [0.5, 0.6) is 0 Å². The molecule has 2 unspecified atom stereocenters. The summed E-state index contributed by atoms with van der Waals surface area (Å²) in [4.78, 5) is 50.7. The van der Waals surface area contributed by atoms with Crippen LogP contribution in [0.3, 0.4) is 0 Å². The maximum absolute atomic E-state index is 14.1. The molecule has 15 heteroatoms. The van der Waals surface area contributed by atoms with Crippen molar-refractivity contribution >= 4 is 41.0 Å². The van der Waals surface area contributed by atoms with Gasteiger partial charge in [-0.1, -0.05) is 29.8 Å². The Morgan fingerprint density at radius 3 is 2.31 bits per heavy atom. The van der Waals surface area contributed by atoms with Crippen molar-refractivity contribution in [3.8, 4) is 0 Å². The van der Waals surface area contributed by atoms with Crippen LogP contribution in [0.25, 0.3) is 0 Å². The number of nitrogens with zero attached hydrogens (tertiary/aromatic N) is 5. The molecule has 11 nitrogen and oxygen atoms in total. The number of piperazine rings is 1. The van der Waals surface area contributed by atoms with Gasteiger partial charge in [0.2, 0.25) is 0 Å². The van der Waals surface area contributed by atoms with E-state index in [4.69, 9.17) is 22.1 Å². The molecule has 4 fully saturated rings. The molecule has 4 saturated heterocycles. The fraction of sp³-hybridized carbons (Fsp3) is 0.583. The van der Waals surface area contributed by atoms with E-state index in [9.17, 15) is 27.6 Å². The first-order valence-electron chi connectivity index (χ1n) is 17.9. The second-order valence-electron chi connectivity index (χ2n) is 14.6. The lowest BCUT2D eigenvalue weighted by Crippen LogP contribution is -2.55. The number of piperidine rings is 2. The Labute approximate surface area is 300 Å². The lowest BCUT2D eigenvalue weighted by atomic mass is 9.99. The van der Waals surface area contributed by atoms with Crippen LogP contribution in [0, 0.1) is 0 Å². The fourth-order valence-electron chi connectivity index (χ4n) is 8.68. The summed E-state index contributed by atoms with van der Waals surface area (Å²) in [6.45, 7) is 4.13. The van der Waals surface area contributed by atoms with Gasteiger partial charge in [0.15, 0.2) is 6.10 Å². The summed E-state index contributed by atoms with van der Waals surface area (Å²) in [6, 6.07) is 11.0. The highest BCUT2D eigenvalue weighted by molar-refractivity contribution is 6.33. The highest BCUT2D eigenvalue weighted by Crippen LogP contribution is 2.39. The van der Waals surface area contributed by atoms with E-state index in [1.807, 2.05) is 29.2 Å². The highest BCUT2D eigenvalue weighted by atomic mass is 35.5. The van der Waals surface area contributed by atoms with Gasteiger partial charge in [-0.05, 0) is 74.9 Å². The Kier molecular flexibility index (Phi) is 10.0. The Hall–Kier alpha value is -3.75. The number of urea groups is 1. The predicted molar refractivity (Wildman–Crippen MR) is 186 cm³/mol. The Balaban J connectivity index is 1.02. The molecule has 4 amide bonds. The molecule has 5 heterocycles. The lowest BCUT2D eigenvalue weighted by Gasteiger charge is -2.42. The number of anilines is 2. The monoisotopic (exact) mass is 731 g/mol. The lowest BCUT2D eigenvalue weighted by molar-refractivity contribution is -0.142. The number of nitrogens with one attached hydrogen (secondary N) is 1. The molecule has 7 rings (SSSR count). The van der Waals surface area contributed by atoms with Crippen molar-refractivity contribution in [2.45, 2.75) is 81.4 Å². The van der Waals surface area contributed by atoms with Crippen LogP contribution in [0.4, 0.5) is 34.1 Å². The van der Waals surface area contributed by atoms with Gasteiger partial charge in [-0.3, -0.25) is 9.69 Å². The number of hydrogen-bond donors (Lipinski definition) is 2. The molecule has 3 N–H and O–H groups in total. The summed E-state index contributed by atoms with van der Waals surface area (Å²) in [5.41, 5.74) is 5.92. The molecule has 3 atom stereocenters.